The number of carboxylic acid groups (broad SMARTS) is 1. The van der Waals surface area contributed by atoms with E-state index < -0.39 is 13.8 Å². The third-order valence-corrected chi connectivity index (χ3v) is 4.02. The Kier molecular flexibility index (Phi) is 6.62. The fourth-order valence-corrected chi connectivity index (χ4v) is 2.77. The number of allylic oxidation sites excluding steroid dienone is 1. The van der Waals surface area contributed by atoms with Gasteiger partial charge >= 0.3 is 13.8 Å². The maximum absolute atomic E-state index is 12.2. The molecule has 1 aromatic rings. The average molecular weight is 314 g/mol. The summed E-state index contributed by atoms with van der Waals surface area (Å²) in [6.45, 7) is 5.48. The lowest BCUT2D eigenvalue weighted by atomic mass is 10.1. The third-order valence-electron chi connectivity index (χ3n) is 2.44. The molecule has 1 rings (SSSR count). The van der Waals surface area contributed by atoms with Crippen molar-refractivity contribution in [3.63, 3.8) is 0 Å². The Balaban J connectivity index is 2.87. The van der Waals surface area contributed by atoms with Gasteiger partial charge in [-0.1, -0.05) is 12.1 Å². The Bertz CT molecular complexity index is 539. The summed E-state index contributed by atoms with van der Waals surface area (Å²) in [6.07, 6.45) is 1.11. The molecule has 7 heteroatoms. The molecule has 0 saturated heterocycles. The zero-order valence-electron chi connectivity index (χ0n) is 12.2. The van der Waals surface area contributed by atoms with Crippen molar-refractivity contribution in [3.05, 3.63) is 35.9 Å². The first-order chi connectivity index (χ1) is 9.90. The predicted octanol–water partition coefficient (Wildman–Crippen LogP) is 3.73. The molecule has 1 N–H and O–H groups in total. The molecule has 0 heterocycles. The van der Waals surface area contributed by atoms with E-state index in [1.54, 1.807) is 45.0 Å². The summed E-state index contributed by atoms with van der Waals surface area (Å²) in [5, 5.41) is 8.70. The molecule has 0 amide bonds. The van der Waals surface area contributed by atoms with Gasteiger partial charge < -0.3 is 9.63 Å². The smallest absolute Gasteiger partial charge is 0.478 e. The van der Waals surface area contributed by atoms with Crippen LogP contribution in [0.25, 0.3) is 5.57 Å². The van der Waals surface area contributed by atoms with Crippen LogP contribution >= 0.6 is 7.82 Å². The van der Waals surface area contributed by atoms with Crippen molar-refractivity contribution < 1.29 is 28.0 Å². The molecular weight excluding hydrogens is 295 g/mol. The van der Waals surface area contributed by atoms with Crippen LogP contribution in [0.15, 0.2) is 30.3 Å². The van der Waals surface area contributed by atoms with Crippen molar-refractivity contribution in [2.24, 2.45) is 0 Å². The first-order valence-corrected chi connectivity index (χ1v) is 7.96. The van der Waals surface area contributed by atoms with Gasteiger partial charge in [0.1, 0.15) is 5.75 Å². The third kappa shape index (κ3) is 5.71. The topological polar surface area (TPSA) is 82.1 Å². The van der Waals surface area contributed by atoms with Crippen molar-refractivity contribution in [2.75, 3.05) is 13.2 Å². The summed E-state index contributed by atoms with van der Waals surface area (Å²) >= 11 is 0. The van der Waals surface area contributed by atoms with Gasteiger partial charge in [0.2, 0.25) is 0 Å². The second kappa shape index (κ2) is 7.98. The second-order valence-electron chi connectivity index (χ2n) is 4.06. The lowest BCUT2D eigenvalue weighted by molar-refractivity contribution is -0.131. The molecule has 0 aliphatic rings. The molecule has 6 nitrogen and oxygen atoms in total. The Morgan fingerprint density at radius 3 is 2.14 bits per heavy atom. The van der Waals surface area contributed by atoms with Gasteiger partial charge in [0, 0.05) is 6.08 Å². The van der Waals surface area contributed by atoms with E-state index in [-0.39, 0.29) is 13.2 Å². The summed E-state index contributed by atoms with van der Waals surface area (Å²) < 4.78 is 27.5. The minimum atomic E-state index is -3.61. The molecule has 0 aliphatic carbocycles. The highest BCUT2D eigenvalue weighted by Gasteiger charge is 2.27. The van der Waals surface area contributed by atoms with E-state index >= 15 is 0 Å². The van der Waals surface area contributed by atoms with Gasteiger partial charge in [-0.25, -0.2) is 9.36 Å². The molecule has 0 aromatic heterocycles. The number of hydrogen-bond acceptors (Lipinski definition) is 5. The Hall–Kier alpha value is -1.62. The van der Waals surface area contributed by atoms with Crippen LogP contribution in [0.5, 0.6) is 5.75 Å². The van der Waals surface area contributed by atoms with Gasteiger partial charge in [0.05, 0.1) is 13.2 Å². The number of phosphoric ester groups is 1. The summed E-state index contributed by atoms with van der Waals surface area (Å²) in [5.74, 6) is -0.683. The number of benzene rings is 1. The summed E-state index contributed by atoms with van der Waals surface area (Å²) in [7, 11) is -3.61. The monoisotopic (exact) mass is 314 g/mol. The van der Waals surface area contributed by atoms with E-state index in [4.69, 9.17) is 18.7 Å². The first kappa shape index (κ1) is 17.4. The molecule has 0 bridgehead atoms. The fraction of sp³-hybridized carbons (Fsp3) is 0.357. The van der Waals surface area contributed by atoms with Gasteiger partial charge in [0.15, 0.2) is 0 Å². The Labute approximate surface area is 124 Å². The van der Waals surface area contributed by atoms with Crippen LogP contribution in [-0.4, -0.2) is 24.3 Å². The molecule has 0 saturated carbocycles. The summed E-state index contributed by atoms with van der Waals surface area (Å²) in [4.78, 5) is 10.6. The number of carbonyl (C=O) groups is 1. The predicted molar refractivity (Wildman–Crippen MR) is 79.2 cm³/mol. The zero-order chi connectivity index (χ0) is 15.9. The van der Waals surface area contributed by atoms with E-state index in [2.05, 4.69) is 0 Å². The first-order valence-electron chi connectivity index (χ1n) is 6.50. The van der Waals surface area contributed by atoms with E-state index in [0.29, 0.717) is 11.3 Å². The van der Waals surface area contributed by atoms with Crippen LogP contribution < -0.4 is 4.52 Å². The van der Waals surface area contributed by atoms with Crippen molar-refractivity contribution in [3.8, 4) is 5.75 Å². The van der Waals surface area contributed by atoms with E-state index in [9.17, 15) is 9.36 Å². The summed E-state index contributed by atoms with van der Waals surface area (Å²) in [5.41, 5.74) is 1.33. The minimum absolute atomic E-state index is 0.204. The molecule has 0 aliphatic heterocycles. The molecule has 0 radical (unpaired) electrons. The highest BCUT2D eigenvalue weighted by Crippen LogP contribution is 2.49. The fourth-order valence-electron chi connectivity index (χ4n) is 1.58. The zero-order valence-corrected chi connectivity index (χ0v) is 13.1. The van der Waals surface area contributed by atoms with Crippen molar-refractivity contribution in [1.29, 1.82) is 0 Å². The highest BCUT2D eigenvalue weighted by molar-refractivity contribution is 7.48. The standard InChI is InChI=1S/C14H19O6P/c1-4-18-21(17,19-5-2)20-13-8-6-12(7-9-13)11(3)10-14(15)16/h6-10H,4-5H2,1-3H3,(H,15,16)/b11-10-. The number of rotatable bonds is 8. The quantitative estimate of drug-likeness (QED) is 0.581. The van der Waals surface area contributed by atoms with Crippen LogP contribution in [0.4, 0.5) is 0 Å². The van der Waals surface area contributed by atoms with E-state index in [1.165, 1.54) is 0 Å². The second-order valence-corrected chi connectivity index (χ2v) is 5.66. The Morgan fingerprint density at radius 2 is 1.71 bits per heavy atom. The van der Waals surface area contributed by atoms with Crippen LogP contribution in [0.2, 0.25) is 0 Å². The normalized spacial score (nSPS) is 12.2. The molecule has 0 atom stereocenters. The van der Waals surface area contributed by atoms with Crippen LogP contribution in [0.1, 0.15) is 26.3 Å². The molecule has 0 spiro atoms. The van der Waals surface area contributed by atoms with Gasteiger partial charge in [-0.15, -0.1) is 0 Å². The molecule has 116 valence electrons. The molecule has 0 unspecified atom stereocenters. The van der Waals surface area contributed by atoms with Crippen molar-refractivity contribution >= 4 is 19.4 Å². The maximum Gasteiger partial charge on any atom is 0.530 e. The van der Waals surface area contributed by atoms with E-state index in [0.717, 1.165) is 11.6 Å². The highest BCUT2D eigenvalue weighted by atomic mass is 31.2. The van der Waals surface area contributed by atoms with Gasteiger partial charge in [0.25, 0.3) is 0 Å². The number of aliphatic carboxylic acids is 1. The van der Waals surface area contributed by atoms with Gasteiger partial charge in [-0.2, -0.15) is 0 Å². The summed E-state index contributed by atoms with van der Waals surface area (Å²) in [6, 6.07) is 6.51. The van der Waals surface area contributed by atoms with Crippen LogP contribution in [0, 0.1) is 0 Å². The molecule has 1 aromatic carbocycles. The Morgan fingerprint density at radius 1 is 1.19 bits per heavy atom. The van der Waals surface area contributed by atoms with Gasteiger partial charge in [-0.05, 0) is 44.0 Å². The van der Waals surface area contributed by atoms with E-state index in [1.807, 2.05) is 0 Å². The molecule has 0 fully saturated rings. The largest absolute Gasteiger partial charge is 0.530 e. The lowest BCUT2D eigenvalue weighted by Gasteiger charge is -2.17. The van der Waals surface area contributed by atoms with Crippen LogP contribution in [0.3, 0.4) is 0 Å². The number of carboxylic acids is 1. The SMILES string of the molecule is CCOP(=O)(OCC)Oc1ccc(/C(C)=C\C(=O)O)cc1. The minimum Gasteiger partial charge on any atom is -0.478 e. The van der Waals surface area contributed by atoms with Crippen LogP contribution in [-0.2, 0) is 18.4 Å². The molecular formula is C14H19O6P. The van der Waals surface area contributed by atoms with Gasteiger partial charge in [-0.3, -0.25) is 9.05 Å². The van der Waals surface area contributed by atoms with Crippen molar-refractivity contribution in [1.82, 2.24) is 0 Å². The molecule has 21 heavy (non-hydrogen) atoms. The maximum atomic E-state index is 12.2. The lowest BCUT2D eigenvalue weighted by Crippen LogP contribution is -2.02. The number of phosphoric acid groups is 1. The van der Waals surface area contributed by atoms with Crippen molar-refractivity contribution in [2.45, 2.75) is 20.8 Å². The number of hydrogen-bond donors (Lipinski definition) is 1. The average Bonchev–Trinajstić information content (AvgIpc) is 2.39.